The minimum atomic E-state index is 0.0112. The zero-order chi connectivity index (χ0) is 14.8. The lowest BCUT2D eigenvalue weighted by atomic mass is 9.92. The highest BCUT2D eigenvalue weighted by Gasteiger charge is 2.22. The molecule has 20 heavy (non-hydrogen) atoms. The number of rotatable bonds is 5. The molecule has 0 spiro atoms. The number of anilines is 2. The third kappa shape index (κ3) is 3.60. The van der Waals surface area contributed by atoms with Crippen LogP contribution in [0.25, 0.3) is 0 Å². The number of ether oxygens (including phenoxy) is 1. The fourth-order valence-electron chi connectivity index (χ4n) is 2.03. The van der Waals surface area contributed by atoms with Gasteiger partial charge in [0.15, 0.2) is 0 Å². The summed E-state index contributed by atoms with van der Waals surface area (Å²) in [5.74, 6) is 1.69. The van der Waals surface area contributed by atoms with Crippen LogP contribution in [0.4, 0.5) is 11.8 Å². The molecule has 0 unspecified atom stereocenters. The van der Waals surface area contributed by atoms with Gasteiger partial charge in [-0.3, -0.25) is 0 Å². The molecule has 2 heterocycles. The van der Waals surface area contributed by atoms with Crippen molar-refractivity contribution in [1.29, 1.82) is 0 Å². The van der Waals surface area contributed by atoms with Crippen molar-refractivity contribution in [2.75, 3.05) is 37.0 Å². The summed E-state index contributed by atoms with van der Waals surface area (Å²) in [5, 5.41) is 3.43. The monoisotopic (exact) mass is 278 g/mol. The van der Waals surface area contributed by atoms with E-state index < -0.39 is 0 Å². The predicted octanol–water partition coefficient (Wildman–Crippen LogP) is 2.43. The maximum atomic E-state index is 5.20. The van der Waals surface area contributed by atoms with E-state index in [0.717, 1.165) is 43.6 Å². The first kappa shape index (κ1) is 15.0. The molecule has 1 saturated heterocycles. The molecule has 0 amide bonds. The van der Waals surface area contributed by atoms with Gasteiger partial charge in [-0.15, -0.1) is 0 Å². The van der Waals surface area contributed by atoms with Crippen molar-refractivity contribution in [3.8, 4) is 0 Å². The molecule has 0 saturated carbocycles. The molecule has 1 aromatic heterocycles. The summed E-state index contributed by atoms with van der Waals surface area (Å²) >= 11 is 0. The first-order valence-electron chi connectivity index (χ1n) is 7.35. The van der Waals surface area contributed by atoms with Crippen molar-refractivity contribution < 1.29 is 4.74 Å². The molecule has 5 nitrogen and oxygen atoms in total. The summed E-state index contributed by atoms with van der Waals surface area (Å²) in [6, 6.07) is 2.43. The average molecular weight is 278 g/mol. The van der Waals surface area contributed by atoms with E-state index in [1.165, 1.54) is 0 Å². The van der Waals surface area contributed by atoms with Gasteiger partial charge in [0.1, 0.15) is 5.82 Å². The maximum Gasteiger partial charge on any atom is 0.227 e. The summed E-state index contributed by atoms with van der Waals surface area (Å²) in [6.07, 6.45) is 1.08. The van der Waals surface area contributed by atoms with Crippen LogP contribution < -0.4 is 10.2 Å². The molecule has 2 rings (SSSR count). The van der Waals surface area contributed by atoms with E-state index in [0.29, 0.717) is 6.04 Å². The molecule has 0 atom stereocenters. The molecule has 0 radical (unpaired) electrons. The number of hydrogen-bond acceptors (Lipinski definition) is 5. The lowest BCUT2D eigenvalue weighted by molar-refractivity contribution is 0.0209. The highest BCUT2D eigenvalue weighted by atomic mass is 16.5. The minimum Gasteiger partial charge on any atom is -0.377 e. The number of nitrogens with one attached hydrogen (secondary N) is 1. The number of hydrogen-bond donors (Lipinski definition) is 1. The van der Waals surface area contributed by atoms with E-state index in [1.54, 1.807) is 0 Å². The van der Waals surface area contributed by atoms with Crippen LogP contribution >= 0.6 is 0 Å². The molecule has 1 aliphatic rings. The van der Waals surface area contributed by atoms with Gasteiger partial charge in [0.2, 0.25) is 5.95 Å². The van der Waals surface area contributed by atoms with Crippen molar-refractivity contribution in [2.24, 2.45) is 0 Å². The molecule has 1 N–H and O–H groups in total. The Morgan fingerprint density at radius 1 is 1.35 bits per heavy atom. The Bertz CT molecular complexity index is 452. The molecule has 1 fully saturated rings. The van der Waals surface area contributed by atoms with Gasteiger partial charge in [0.05, 0.1) is 24.9 Å². The van der Waals surface area contributed by atoms with Gasteiger partial charge in [0.25, 0.3) is 0 Å². The van der Waals surface area contributed by atoms with Gasteiger partial charge in [-0.25, -0.2) is 4.98 Å². The lowest BCUT2D eigenvalue weighted by Crippen LogP contribution is -2.40. The summed E-state index contributed by atoms with van der Waals surface area (Å²) in [4.78, 5) is 11.5. The Morgan fingerprint density at radius 2 is 2.05 bits per heavy atom. The van der Waals surface area contributed by atoms with E-state index in [4.69, 9.17) is 9.72 Å². The second-order valence-corrected chi connectivity index (χ2v) is 6.49. The molecular formula is C15H26N4O. The van der Waals surface area contributed by atoms with Gasteiger partial charge in [0, 0.05) is 25.1 Å². The zero-order valence-electron chi connectivity index (χ0n) is 13.2. The largest absolute Gasteiger partial charge is 0.377 e. The second kappa shape index (κ2) is 5.95. The van der Waals surface area contributed by atoms with Crippen LogP contribution in [0.15, 0.2) is 6.07 Å². The Kier molecular flexibility index (Phi) is 4.48. The molecule has 0 bridgehead atoms. The Labute approximate surface area is 121 Å². The first-order valence-corrected chi connectivity index (χ1v) is 7.35. The Hall–Kier alpha value is -1.36. The van der Waals surface area contributed by atoms with E-state index in [1.807, 2.05) is 7.05 Å². The Morgan fingerprint density at radius 3 is 2.55 bits per heavy atom. The number of nitrogens with zero attached hydrogens (tertiary/aromatic N) is 3. The summed E-state index contributed by atoms with van der Waals surface area (Å²) in [6.45, 7) is 11.2. The van der Waals surface area contributed by atoms with Crippen molar-refractivity contribution >= 4 is 11.8 Å². The summed E-state index contributed by atoms with van der Waals surface area (Å²) in [5.41, 5.74) is 1.07. The van der Waals surface area contributed by atoms with E-state index in [2.05, 4.69) is 49.0 Å². The highest BCUT2D eigenvalue weighted by molar-refractivity contribution is 5.45. The fraction of sp³-hybridized carbons (Fsp3) is 0.733. The SMILES string of the molecule is CCCN(C)c1nc(NC2COC2)cc(C(C)(C)C)n1. The van der Waals surface area contributed by atoms with Crippen LogP contribution in [0, 0.1) is 0 Å². The molecule has 1 aliphatic heterocycles. The van der Waals surface area contributed by atoms with E-state index in [-0.39, 0.29) is 5.41 Å². The molecule has 112 valence electrons. The average Bonchev–Trinajstić information content (AvgIpc) is 2.33. The summed E-state index contributed by atoms with van der Waals surface area (Å²) in [7, 11) is 2.04. The van der Waals surface area contributed by atoms with Crippen molar-refractivity contribution in [1.82, 2.24) is 9.97 Å². The van der Waals surface area contributed by atoms with Gasteiger partial charge in [-0.1, -0.05) is 27.7 Å². The van der Waals surface area contributed by atoms with Crippen molar-refractivity contribution in [2.45, 2.75) is 45.6 Å². The minimum absolute atomic E-state index is 0.0112. The smallest absolute Gasteiger partial charge is 0.227 e. The van der Waals surface area contributed by atoms with Gasteiger partial charge >= 0.3 is 0 Å². The molecule has 1 aromatic rings. The predicted molar refractivity (Wildman–Crippen MR) is 82.5 cm³/mol. The fourth-order valence-corrected chi connectivity index (χ4v) is 2.03. The first-order chi connectivity index (χ1) is 9.40. The van der Waals surface area contributed by atoms with Crippen molar-refractivity contribution in [3.05, 3.63) is 11.8 Å². The van der Waals surface area contributed by atoms with E-state index in [9.17, 15) is 0 Å². The Balaban J connectivity index is 2.27. The van der Waals surface area contributed by atoms with Crippen LogP contribution in [0.2, 0.25) is 0 Å². The van der Waals surface area contributed by atoms with Crippen LogP contribution in [0.3, 0.4) is 0 Å². The standard InChI is InChI=1S/C15H26N4O/c1-6-7-19(5)14-17-12(15(2,3)4)8-13(18-14)16-11-9-20-10-11/h8,11H,6-7,9-10H2,1-5H3,(H,16,17,18). The molecule has 0 aliphatic carbocycles. The van der Waals surface area contributed by atoms with Crippen molar-refractivity contribution in [3.63, 3.8) is 0 Å². The lowest BCUT2D eigenvalue weighted by Gasteiger charge is -2.29. The normalized spacial score (nSPS) is 15.8. The number of aromatic nitrogens is 2. The zero-order valence-corrected chi connectivity index (χ0v) is 13.2. The molecule has 0 aromatic carbocycles. The van der Waals surface area contributed by atoms with Gasteiger partial charge in [-0.05, 0) is 6.42 Å². The van der Waals surface area contributed by atoms with Gasteiger partial charge < -0.3 is 15.0 Å². The van der Waals surface area contributed by atoms with Crippen LogP contribution in [-0.2, 0) is 10.2 Å². The maximum absolute atomic E-state index is 5.20. The third-order valence-corrected chi connectivity index (χ3v) is 3.37. The second-order valence-electron chi connectivity index (χ2n) is 6.49. The van der Waals surface area contributed by atoms with E-state index >= 15 is 0 Å². The summed E-state index contributed by atoms with van der Waals surface area (Å²) < 4.78 is 5.20. The van der Waals surface area contributed by atoms with Crippen LogP contribution in [-0.4, -0.2) is 42.8 Å². The van der Waals surface area contributed by atoms with Crippen LogP contribution in [0.5, 0.6) is 0 Å². The highest BCUT2D eigenvalue weighted by Crippen LogP contribution is 2.25. The van der Waals surface area contributed by atoms with Gasteiger partial charge in [-0.2, -0.15) is 4.98 Å². The van der Waals surface area contributed by atoms with Crippen LogP contribution in [0.1, 0.15) is 39.8 Å². The molecule has 5 heteroatoms. The topological polar surface area (TPSA) is 50.3 Å². The quantitative estimate of drug-likeness (QED) is 0.896. The molecular weight excluding hydrogens is 252 g/mol. The third-order valence-electron chi connectivity index (χ3n) is 3.37.